The molecule has 0 aliphatic heterocycles. The van der Waals surface area contributed by atoms with Gasteiger partial charge in [-0.1, -0.05) is 19.8 Å². The zero-order valence-electron chi connectivity index (χ0n) is 15.2. The Bertz CT molecular complexity index is 918. The molecule has 0 saturated heterocycles. The number of nitrogens with one attached hydrogen (secondary N) is 2. The third-order valence-corrected chi connectivity index (χ3v) is 5.51. The molecule has 1 aromatic carbocycles. The Kier molecular flexibility index (Phi) is 5.88. The van der Waals surface area contributed by atoms with Gasteiger partial charge in [0, 0.05) is 18.7 Å². The number of aromatic amines is 1. The summed E-state index contributed by atoms with van der Waals surface area (Å²) in [5.74, 6) is 0.389. The lowest BCUT2D eigenvalue weighted by molar-refractivity contribution is 0.0910. The fourth-order valence-electron chi connectivity index (χ4n) is 3.56. The van der Waals surface area contributed by atoms with E-state index in [9.17, 15) is 9.59 Å². The molecule has 0 bridgehead atoms. The molecule has 1 amide bonds. The van der Waals surface area contributed by atoms with Gasteiger partial charge < -0.3 is 15.0 Å². The summed E-state index contributed by atoms with van der Waals surface area (Å²) >= 11 is 5.29. The molecule has 2 atom stereocenters. The van der Waals surface area contributed by atoms with Crippen LogP contribution >= 0.6 is 12.2 Å². The molecule has 1 aliphatic carbocycles. The van der Waals surface area contributed by atoms with Crippen molar-refractivity contribution in [1.29, 1.82) is 0 Å². The number of benzene rings is 1. The third kappa shape index (κ3) is 3.88. The van der Waals surface area contributed by atoms with E-state index >= 15 is 0 Å². The van der Waals surface area contributed by atoms with Gasteiger partial charge in [-0.25, -0.2) is 0 Å². The van der Waals surface area contributed by atoms with Gasteiger partial charge in [-0.3, -0.25) is 14.2 Å². The number of hydrogen-bond donors (Lipinski definition) is 2. The van der Waals surface area contributed by atoms with Gasteiger partial charge in [0.2, 0.25) is 0 Å². The van der Waals surface area contributed by atoms with Crippen LogP contribution in [0.25, 0.3) is 10.9 Å². The number of carbonyl (C=O) groups is 1. The number of nitrogens with zero attached hydrogens (tertiary/aromatic N) is 1. The molecular formula is C19H25N3O3S. The van der Waals surface area contributed by atoms with E-state index in [1.54, 1.807) is 25.3 Å². The van der Waals surface area contributed by atoms with Crippen LogP contribution in [0.1, 0.15) is 43.0 Å². The van der Waals surface area contributed by atoms with Crippen molar-refractivity contribution in [1.82, 2.24) is 14.9 Å². The molecule has 7 heteroatoms. The molecule has 2 N–H and O–H groups in total. The number of methoxy groups -OCH3 is 1. The van der Waals surface area contributed by atoms with Gasteiger partial charge in [0.1, 0.15) is 0 Å². The lowest BCUT2D eigenvalue weighted by Crippen LogP contribution is -2.41. The number of ether oxygens (including phenoxy) is 1. The Morgan fingerprint density at radius 3 is 2.88 bits per heavy atom. The number of rotatable bonds is 5. The number of hydrogen-bond acceptors (Lipinski definition) is 4. The van der Waals surface area contributed by atoms with E-state index in [2.05, 4.69) is 17.2 Å². The Morgan fingerprint density at radius 1 is 1.38 bits per heavy atom. The van der Waals surface area contributed by atoms with Gasteiger partial charge in [0.25, 0.3) is 11.5 Å². The van der Waals surface area contributed by atoms with Gasteiger partial charge in [-0.05, 0) is 49.2 Å². The molecule has 6 nitrogen and oxygen atoms in total. The van der Waals surface area contributed by atoms with Crippen molar-refractivity contribution < 1.29 is 9.53 Å². The van der Waals surface area contributed by atoms with Crippen molar-refractivity contribution in [3.63, 3.8) is 0 Å². The van der Waals surface area contributed by atoms with Crippen LogP contribution in [0.2, 0.25) is 0 Å². The molecule has 0 spiro atoms. The predicted octanol–water partition coefficient (Wildman–Crippen LogP) is 3.01. The smallest absolute Gasteiger partial charge is 0.262 e. The zero-order valence-corrected chi connectivity index (χ0v) is 16.0. The maximum Gasteiger partial charge on any atom is 0.262 e. The van der Waals surface area contributed by atoms with Gasteiger partial charge in [-0.15, -0.1) is 0 Å². The van der Waals surface area contributed by atoms with Gasteiger partial charge in [0.05, 0.1) is 24.1 Å². The Balaban J connectivity index is 1.88. The van der Waals surface area contributed by atoms with Crippen LogP contribution in [-0.2, 0) is 11.3 Å². The minimum atomic E-state index is -0.173. The van der Waals surface area contributed by atoms with Crippen molar-refractivity contribution in [2.45, 2.75) is 45.2 Å². The molecule has 26 heavy (non-hydrogen) atoms. The number of carbonyl (C=O) groups excluding carboxylic acids is 1. The van der Waals surface area contributed by atoms with E-state index in [4.69, 9.17) is 17.0 Å². The summed E-state index contributed by atoms with van der Waals surface area (Å²) in [4.78, 5) is 28.3. The van der Waals surface area contributed by atoms with Gasteiger partial charge in [-0.2, -0.15) is 0 Å². The highest BCUT2D eigenvalue weighted by Gasteiger charge is 2.23. The maximum absolute atomic E-state index is 12.6. The Morgan fingerprint density at radius 2 is 2.15 bits per heavy atom. The summed E-state index contributed by atoms with van der Waals surface area (Å²) in [5, 5.41) is 3.65. The number of amides is 1. The first kappa shape index (κ1) is 18.8. The van der Waals surface area contributed by atoms with E-state index in [0.717, 1.165) is 19.3 Å². The topological polar surface area (TPSA) is 76.1 Å². The Hall–Kier alpha value is -1.99. The number of fused-ring (bicyclic) bond motifs is 1. The van der Waals surface area contributed by atoms with Crippen molar-refractivity contribution in [2.24, 2.45) is 5.92 Å². The van der Waals surface area contributed by atoms with Crippen LogP contribution in [0, 0.1) is 10.7 Å². The van der Waals surface area contributed by atoms with E-state index in [1.165, 1.54) is 11.0 Å². The minimum absolute atomic E-state index is 0.103. The summed E-state index contributed by atoms with van der Waals surface area (Å²) in [6.07, 6.45) is 4.56. The average molecular weight is 375 g/mol. The van der Waals surface area contributed by atoms with Crippen LogP contribution in [-0.4, -0.2) is 35.2 Å². The summed E-state index contributed by atoms with van der Waals surface area (Å²) in [6, 6.07) is 5.30. The number of aromatic nitrogens is 2. The molecule has 1 saturated carbocycles. The van der Waals surface area contributed by atoms with Crippen LogP contribution in [0.4, 0.5) is 0 Å². The van der Waals surface area contributed by atoms with Crippen LogP contribution in [0.15, 0.2) is 23.0 Å². The molecule has 140 valence electrons. The molecule has 1 heterocycles. The maximum atomic E-state index is 12.6. The van der Waals surface area contributed by atoms with Gasteiger partial charge >= 0.3 is 0 Å². The second kappa shape index (κ2) is 8.14. The van der Waals surface area contributed by atoms with E-state index in [0.29, 0.717) is 40.3 Å². The molecule has 3 rings (SSSR count). The van der Waals surface area contributed by atoms with Crippen molar-refractivity contribution >= 4 is 29.0 Å². The first-order chi connectivity index (χ1) is 12.5. The summed E-state index contributed by atoms with van der Waals surface area (Å²) < 4.78 is 6.83. The van der Waals surface area contributed by atoms with Crippen LogP contribution < -0.4 is 10.9 Å². The number of H-pyrrole nitrogens is 1. The van der Waals surface area contributed by atoms with Crippen molar-refractivity contribution in [3.8, 4) is 0 Å². The highest BCUT2D eigenvalue weighted by molar-refractivity contribution is 7.71. The third-order valence-electron chi connectivity index (χ3n) is 5.19. The molecule has 2 aromatic rings. The summed E-state index contributed by atoms with van der Waals surface area (Å²) in [6.45, 7) is 2.98. The zero-order chi connectivity index (χ0) is 18.7. The van der Waals surface area contributed by atoms with Crippen molar-refractivity contribution in [2.75, 3.05) is 13.7 Å². The standard InChI is InChI=1S/C19H25N3O3S/c1-12-5-3-4-6-15(12)20-17(23)13-7-8-14-16(11-13)21-19(26)22(18(14)24)9-10-25-2/h7-8,11-12,15H,3-6,9-10H2,1-2H3,(H,20,23)(H,21,26)/t12-,15+/m1/s1. The highest BCUT2D eigenvalue weighted by atomic mass is 32.1. The summed E-state index contributed by atoms with van der Waals surface area (Å²) in [5.41, 5.74) is 0.946. The molecule has 0 unspecified atom stereocenters. The molecule has 1 fully saturated rings. The van der Waals surface area contributed by atoms with E-state index < -0.39 is 0 Å². The minimum Gasteiger partial charge on any atom is -0.383 e. The van der Waals surface area contributed by atoms with Crippen LogP contribution in [0.5, 0.6) is 0 Å². The summed E-state index contributed by atoms with van der Waals surface area (Å²) in [7, 11) is 1.58. The molecule has 1 aromatic heterocycles. The Labute approximate surface area is 157 Å². The lowest BCUT2D eigenvalue weighted by Gasteiger charge is -2.29. The second-order valence-corrected chi connectivity index (χ2v) is 7.37. The van der Waals surface area contributed by atoms with E-state index in [1.807, 2.05) is 0 Å². The monoisotopic (exact) mass is 375 g/mol. The molecule has 0 radical (unpaired) electrons. The van der Waals surface area contributed by atoms with Crippen LogP contribution in [0.3, 0.4) is 0 Å². The first-order valence-electron chi connectivity index (χ1n) is 9.08. The van der Waals surface area contributed by atoms with Crippen molar-refractivity contribution in [3.05, 3.63) is 38.9 Å². The largest absolute Gasteiger partial charge is 0.383 e. The average Bonchev–Trinajstić information content (AvgIpc) is 2.63. The van der Waals surface area contributed by atoms with Gasteiger partial charge in [0.15, 0.2) is 4.77 Å². The second-order valence-electron chi connectivity index (χ2n) is 6.98. The predicted molar refractivity (Wildman–Crippen MR) is 104 cm³/mol. The highest BCUT2D eigenvalue weighted by Crippen LogP contribution is 2.24. The van der Waals surface area contributed by atoms with E-state index in [-0.39, 0.29) is 17.5 Å². The quantitative estimate of drug-likeness (QED) is 0.788. The fraction of sp³-hybridized carbons (Fsp3) is 0.526. The molecule has 1 aliphatic rings. The fourth-order valence-corrected chi connectivity index (χ4v) is 3.85. The lowest BCUT2D eigenvalue weighted by atomic mass is 9.86. The first-order valence-corrected chi connectivity index (χ1v) is 9.48. The SMILES string of the molecule is COCCn1c(=S)[nH]c2cc(C(=O)N[C@H]3CCCC[C@H]3C)ccc2c1=O. The molecular weight excluding hydrogens is 350 g/mol. The normalized spacial score (nSPS) is 20.2.